The van der Waals surface area contributed by atoms with Gasteiger partial charge in [0.2, 0.25) is 0 Å². The maximum atomic E-state index is 5.67. The van der Waals surface area contributed by atoms with Crippen molar-refractivity contribution < 1.29 is 69.9 Å². The first-order chi connectivity index (χ1) is 34.6. The fraction of sp³-hybridized carbons (Fsp3) is 0.0656. The molecular weight excluding hydrogens is 1190 g/mol. The summed E-state index contributed by atoms with van der Waals surface area (Å²) in [6, 6.07) is 80.9. The molecule has 0 bridgehead atoms. The van der Waals surface area contributed by atoms with Crippen LogP contribution in [0, 0.1) is 0 Å². The molecule has 0 aliphatic heterocycles. The number of imidazole rings is 3. The molecule has 73 heavy (non-hydrogen) atoms. The fourth-order valence-corrected chi connectivity index (χ4v) is 9.80. The molecule has 0 aliphatic rings. The topological polar surface area (TPSA) is 58.4 Å². The molecule has 4 aromatic heterocycles. The van der Waals surface area contributed by atoms with Crippen molar-refractivity contribution in [3.63, 3.8) is 0 Å². The number of nitrogens with zero attached hydrogens (tertiary/aromatic N) is 7. The van der Waals surface area contributed by atoms with Gasteiger partial charge in [-0.25, -0.2) is 15.0 Å². The molecule has 2 atom stereocenters. The van der Waals surface area contributed by atoms with Gasteiger partial charge in [-0.15, -0.1) is 0 Å². The van der Waals surface area contributed by atoms with Crippen molar-refractivity contribution in [1.29, 1.82) is 1.28 Å². The molecular formula is C61H54BiKN7P2V. The average molecular weight is 1250 g/mol. The summed E-state index contributed by atoms with van der Waals surface area (Å²) in [6.07, 6.45) is 1.16. The number of para-hydroxylation sites is 11. The van der Waals surface area contributed by atoms with Crippen molar-refractivity contribution in [3.05, 3.63) is 231 Å². The Morgan fingerprint density at radius 3 is 0.973 bits per heavy atom. The van der Waals surface area contributed by atoms with Crippen LogP contribution in [0.3, 0.4) is 0 Å². The van der Waals surface area contributed by atoms with Crippen LogP contribution in [0.2, 0.25) is 0 Å². The molecule has 0 fully saturated rings. The molecule has 0 N–H and O–H groups in total. The SMILES string of the molecule is CCC(C)n1c2ccccc2c2ccccc21.[3H]P.[BiH2].[K+].[PH2-].[V].c1ccc(-n2c(-c3cc(-c4nc5ccccc5n4-c4ccccc4)cc(-c4nc5ccccc5n4-c4ccccc4)c3)nc3ccccc32)cc1. The van der Waals surface area contributed by atoms with Gasteiger partial charge in [0.1, 0.15) is 17.5 Å². The summed E-state index contributed by atoms with van der Waals surface area (Å²) in [5.74, 6) is 2.53. The largest absolute Gasteiger partial charge is 1.00 e. The van der Waals surface area contributed by atoms with Crippen LogP contribution in [0.4, 0.5) is 0 Å². The van der Waals surface area contributed by atoms with Gasteiger partial charge in [0.05, 0.1) is 34.4 Å². The Morgan fingerprint density at radius 2 is 0.671 bits per heavy atom. The Morgan fingerprint density at radius 1 is 0.411 bits per heavy atom. The third kappa shape index (κ3) is 10.6. The van der Waals surface area contributed by atoms with Crippen LogP contribution < -0.4 is 51.4 Å². The molecule has 0 amide bonds. The summed E-state index contributed by atoms with van der Waals surface area (Å²) in [5.41, 5.74) is 14.6. The first kappa shape index (κ1) is 54.4. The van der Waals surface area contributed by atoms with E-state index in [0.29, 0.717) is 6.04 Å². The number of benzene rings is 9. The molecule has 0 spiro atoms. The molecule has 12 heteroatoms. The van der Waals surface area contributed by atoms with Crippen LogP contribution >= 0.6 is 19.7 Å². The van der Waals surface area contributed by atoms with Crippen LogP contribution in [0.5, 0.6) is 0 Å². The minimum atomic E-state index is 0. The van der Waals surface area contributed by atoms with Crippen LogP contribution in [0.1, 0.15) is 26.3 Å². The molecule has 4 heterocycles. The zero-order chi connectivity index (χ0) is 47.6. The monoisotopic (exact) mass is 1250 g/mol. The van der Waals surface area contributed by atoms with E-state index in [0.717, 1.165) is 90.7 Å². The van der Waals surface area contributed by atoms with Gasteiger partial charge in [0, 0.05) is 80.2 Å². The number of hydrogen-bond acceptors (Lipinski definition) is 3. The zero-order valence-corrected chi connectivity index (χ0v) is 52.4. The Labute approximate surface area is 507 Å². The van der Waals surface area contributed by atoms with Gasteiger partial charge in [-0.1, -0.05) is 134 Å². The van der Waals surface area contributed by atoms with Crippen molar-refractivity contribution in [1.82, 2.24) is 33.2 Å². The first-order valence-electron chi connectivity index (χ1n) is 23.9. The maximum Gasteiger partial charge on any atom is 1.00 e. The maximum absolute atomic E-state index is 5.67. The fourth-order valence-electron chi connectivity index (χ4n) is 9.80. The Kier molecular flexibility index (Phi) is 18.4. The third-order valence-electron chi connectivity index (χ3n) is 13.1. The van der Waals surface area contributed by atoms with E-state index in [1.54, 1.807) is 9.84 Å². The van der Waals surface area contributed by atoms with E-state index in [1.807, 2.05) is 36.4 Å². The molecule has 354 valence electrons. The molecule has 13 rings (SSSR count). The van der Waals surface area contributed by atoms with Gasteiger partial charge in [-0.05, 0) is 116 Å². The van der Waals surface area contributed by atoms with E-state index in [9.17, 15) is 0 Å². The predicted molar refractivity (Wildman–Crippen MR) is 310 cm³/mol. The molecule has 0 aliphatic carbocycles. The first-order valence-corrected chi connectivity index (χ1v) is 23.4. The van der Waals surface area contributed by atoms with Gasteiger partial charge in [-0.2, -0.15) is 9.84 Å². The van der Waals surface area contributed by atoms with Gasteiger partial charge in [0.15, 0.2) is 0 Å². The van der Waals surface area contributed by atoms with E-state index in [-0.39, 0.29) is 106 Å². The minimum Gasteiger partial charge on any atom is -0.577 e. The second kappa shape index (κ2) is 24.7. The van der Waals surface area contributed by atoms with Crippen molar-refractivity contribution in [2.75, 3.05) is 0 Å². The van der Waals surface area contributed by atoms with Crippen molar-refractivity contribution in [2.24, 2.45) is 0 Å². The molecule has 9 aromatic carbocycles. The summed E-state index contributed by atoms with van der Waals surface area (Å²) in [4.78, 5) is 15.9. The smallest absolute Gasteiger partial charge is 0.577 e. The van der Waals surface area contributed by atoms with E-state index in [1.165, 1.54) is 21.8 Å². The standard InChI is InChI=1S/C45H30N6.C16H17N.Bi.K.H3P.H2P.V.2H/c1-4-16-34(17-5-1)49-40-25-13-10-22-37(40)46-43(49)31-28-32(44-47-38-23-11-14-26-41(38)50(44)35-18-6-2-7-19-35)30-33(29-31)45-48-39-24-12-15-27-42(39)51(45)36-20-8-3-9-21-36;1-3-12(2)17-15-10-6-4-8-13(15)14-9-5-7-11-16(14)17;;;;;;;/h1-30H;4-12H,3H2,1-2H3;;;1H3;1H2;;;/q;;;+1;;-1;;;/i;;;;1T;;;;. The van der Waals surface area contributed by atoms with Crippen LogP contribution in [-0.4, -0.2) is 60.7 Å². The second-order valence-electron chi connectivity index (χ2n) is 17.2. The number of rotatable bonds is 8. The zero-order valence-electron chi connectivity index (χ0n) is 42.0. The molecule has 2 radical (unpaired) electrons. The van der Waals surface area contributed by atoms with Gasteiger partial charge in [0.25, 0.3) is 0 Å². The van der Waals surface area contributed by atoms with Gasteiger partial charge < -0.3 is 14.5 Å². The minimum absolute atomic E-state index is 0. The van der Waals surface area contributed by atoms with E-state index >= 15 is 0 Å². The van der Waals surface area contributed by atoms with Crippen LogP contribution in [-0.2, 0) is 18.6 Å². The van der Waals surface area contributed by atoms with E-state index in [4.69, 9.17) is 16.2 Å². The summed E-state index contributed by atoms with van der Waals surface area (Å²) in [5, 5.41) is 2.73. The second-order valence-corrected chi connectivity index (χ2v) is 17.2. The summed E-state index contributed by atoms with van der Waals surface area (Å²) < 4.78 is 14.9. The Bertz CT molecular complexity index is 3580. The third-order valence-corrected chi connectivity index (χ3v) is 13.1. The molecule has 7 nitrogen and oxygen atoms in total. The van der Waals surface area contributed by atoms with Crippen molar-refractivity contribution >= 4 is 101 Å². The quantitative estimate of drug-likeness (QED) is 0.113. The van der Waals surface area contributed by atoms with Crippen LogP contribution in [0.15, 0.2) is 231 Å². The average Bonchev–Trinajstić information content (AvgIpc) is 4.22. The molecule has 0 saturated heterocycles. The van der Waals surface area contributed by atoms with Crippen LogP contribution in [0.25, 0.3) is 106 Å². The summed E-state index contributed by atoms with van der Waals surface area (Å²) in [6.45, 7) is 4.53. The van der Waals surface area contributed by atoms with Gasteiger partial charge in [-0.3, -0.25) is 13.7 Å². The Balaban J connectivity index is 0.000000296. The number of fused-ring (bicyclic) bond motifs is 6. The van der Waals surface area contributed by atoms with Gasteiger partial charge >= 0.3 is 77.6 Å². The summed E-state index contributed by atoms with van der Waals surface area (Å²) in [7, 11) is 1.67. The van der Waals surface area contributed by atoms with E-state index < -0.39 is 0 Å². The predicted octanol–water partition coefficient (Wildman–Crippen LogP) is 11.9. The normalized spacial score (nSPS) is 11.2. The van der Waals surface area contributed by atoms with Crippen molar-refractivity contribution in [3.8, 4) is 51.2 Å². The number of aromatic nitrogens is 7. The molecule has 2 unspecified atom stereocenters. The number of hydrogen-bond donors (Lipinski definition) is 0. The van der Waals surface area contributed by atoms with E-state index in [2.05, 4.69) is 226 Å². The Hall–Kier alpha value is -4.85. The molecule has 0 saturated carbocycles. The molecule has 13 aromatic rings. The summed E-state index contributed by atoms with van der Waals surface area (Å²) >= 11 is 0. The van der Waals surface area contributed by atoms with Crippen molar-refractivity contribution in [2.45, 2.75) is 26.3 Å².